The van der Waals surface area contributed by atoms with Crippen LogP contribution < -0.4 is 10.5 Å². The first-order chi connectivity index (χ1) is 11.7. The first-order valence-corrected chi connectivity index (χ1v) is 8.14. The van der Waals surface area contributed by atoms with Crippen molar-refractivity contribution in [1.29, 1.82) is 0 Å². The van der Waals surface area contributed by atoms with Crippen molar-refractivity contribution in [2.45, 2.75) is 31.4 Å². The monoisotopic (exact) mass is 321 g/mol. The third kappa shape index (κ3) is 2.78. The Morgan fingerprint density at radius 3 is 2.54 bits per heavy atom. The molecule has 0 aliphatic heterocycles. The largest absolute Gasteiger partial charge is 0.489 e. The van der Waals surface area contributed by atoms with Crippen LogP contribution in [-0.4, -0.2) is 10.1 Å². The number of hydrogen-bond donors (Lipinski definition) is 1. The normalized spacial score (nSPS) is 15.7. The van der Waals surface area contributed by atoms with Gasteiger partial charge in [0, 0.05) is 11.1 Å². The van der Waals surface area contributed by atoms with Gasteiger partial charge in [-0.05, 0) is 37.5 Å². The number of hydrogen-bond acceptors (Lipinski definition) is 5. The number of ether oxygens (including phenoxy) is 1. The lowest BCUT2D eigenvalue weighted by Crippen LogP contribution is -2.44. The van der Waals surface area contributed by atoms with Gasteiger partial charge in [-0.1, -0.05) is 41.6 Å². The van der Waals surface area contributed by atoms with Crippen LogP contribution >= 0.6 is 0 Å². The van der Waals surface area contributed by atoms with Crippen molar-refractivity contribution in [3.63, 3.8) is 0 Å². The van der Waals surface area contributed by atoms with Gasteiger partial charge in [0.2, 0.25) is 0 Å². The molecule has 1 saturated carbocycles. The fourth-order valence-electron chi connectivity index (χ4n) is 2.85. The van der Waals surface area contributed by atoms with Gasteiger partial charge in [0.1, 0.15) is 12.4 Å². The summed E-state index contributed by atoms with van der Waals surface area (Å²) in [4.78, 5) is 4.53. The highest BCUT2D eigenvalue weighted by Crippen LogP contribution is 2.38. The second-order valence-electron chi connectivity index (χ2n) is 6.19. The Morgan fingerprint density at radius 1 is 1.04 bits per heavy atom. The van der Waals surface area contributed by atoms with Crippen LogP contribution in [0.1, 0.15) is 30.7 Å². The average molecular weight is 321 g/mol. The minimum absolute atomic E-state index is 0.419. The van der Waals surface area contributed by atoms with E-state index in [1.54, 1.807) is 0 Å². The van der Waals surface area contributed by atoms with E-state index in [1.165, 1.54) is 0 Å². The van der Waals surface area contributed by atoms with Crippen molar-refractivity contribution in [1.82, 2.24) is 10.1 Å². The van der Waals surface area contributed by atoms with E-state index < -0.39 is 5.54 Å². The summed E-state index contributed by atoms with van der Waals surface area (Å²) in [6.07, 6.45) is 2.93. The fraction of sp³-hybridized carbons (Fsp3) is 0.263. The number of nitrogens with zero attached hydrogens (tertiary/aromatic N) is 2. The Balaban J connectivity index is 1.57. The lowest BCUT2D eigenvalue weighted by atomic mass is 9.77. The molecule has 3 aromatic rings. The van der Waals surface area contributed by atoms with Crippen LogP contribution in [0.4, 0.5) is 0 Å². The predicted octanol–water partition coefficient (Wildman–Crippen LogP) is 3.65. The SMILES string of the molecule is NC1(c2noc(-c3ccccc3COc3ccccc3)n2)CCC1. The van der Waals surface area contributed by atoms with Crippen LogP contribution in [0.5, 0.6) is 5.75 Å². The molecular formula is C19H19N3O2. The lowest BCUT2D eigenvalue weighted by Gasteiger charge is -2.34. The Hall–Kier alpha value is -2.66. The average Bonchev–Trinajstić information content (AvgIpc) is 3.09. The van der Waals surface area contributed by atoms with Gasteiger partial charge < -0.3 is 15.0 Å². The molecule has 5 nitrogen and oxygen atoms in total. The topological polar surface area (TPSA) is 74.2 Å². The van der Waals surface area contributed by atoms with Gasteiger partial charge in [-0.25, -0.2) is 0 Å². The molecule has 2 N–H and O–H groups in total. The maximum absolute atomic E-state index is 6.28. The molecule has 1 aromatic heterocycles. The summed E-state index contributed by atoms with van der Waals surface area (Å²) in [6, 6.07) is 17.6. The molecule has 0 saturated heterocycles. The number of para-hydroxylation sites is 1. The van der Waals surface area contributed by atoms with Crippen molar-refractivity contribution in [2.24, 2.45) is 5.73 Å². The smallest absolute Gasteiger partial charge is 0.258 e. The molecule has 0 unspecified atom stereocenters. The standard InChI is InChI=1S/C19H19N3O2/c20-19(11-6-12-19)18-21-17(24-22-18)16-10-5-4-7-14(16)13-23-15-8-2-1-3-9-15/h1-5,7-10H,6,11-13,20H2. The Kier molecular flexibility index (Phi) is 3.78. The predicted molar refractivity (Wildman–Crippen MR) is 90.2 cm³/mol. The number of rotatable bonds is 5. The molecule has 4 rings (SSSR count). The van der Waals surface area contributed by atoms with Crippen molar-refractivity contribution >= 4 is 0 Å². The zero-order chi connectivity index (χ0) is 16.4. The molecule has 1 aliphatic rings. The van der Waals surface area contributed by atoms with Crippen LogP contribution in [0.3, 0.4) is 0 Å². The lowest BCUT2D eigenvalue weighted by molar-refractivity contribution is 0.229. The van der Waals surface area contributed by atoms with Crippen LogP contribution in [0, 0.1) is 0 Å². The van der Waals surface area contributed by atoms with E-state index in [1.807, 2.05) is 54.6 Å². The highest BCUT2D eigenvalue weighted by atomic mass is 16.5. The van der Waals surface area contributed by atoms with Gasteiger partial charge in [-0.3, -0.25) is 0 Å². The van der Waals surface area contributed by atoms with E-state index in [4.69, 9.17) is 15.0 Å². The van der Waals surface area contributed by atoms with Crippen LogP contribution in [-0.2, 0) is 12.1 Å². The van der Waals surface area contributed by atoms with E-state index in [2.05, 4.69) is 10.1 Å². The number of nitrogens with two attached hydrogens (primary N) is 1. The minimum atomic E-state index is -0.419. The second-order valence-corrected chi connectivity index (χ2v) is 6.19. The van der Waals surface area contributed by atoms with E-state index in [9.17, 15) is 0 Å². The van der Waals surface area contributed by atoms with E-state index in [0.717, 1.165) is 36.1 Å². The molecular weight excluding hydrogens is 302 g/mol. The highest BCUT2D eigenvalue weighted by molar-refractivity contribution is 5.58. The maximum Gasteiger partial charge on any atom is 0.258 e. The van der Waals surface area contributed by atoms with E-state index >= 15 is 0 Å². The maximum atomic E-state index is 6.28. The Morgan fingerprint density at radius 2 is 1.79 bits per heavy atom. The van der Waals surface area contributed by atoms with Crippen molar-refractivity contribution in [3.05, 3.63) is 66.0 Å². The Bertz CT molecular complexity index is 825. The zero-order valence-corrected chi connectivity index (χ0v) is 13.3. The van der Waals surface area contributed by atoms with Crippen molar-refractivity contribution < 1.29 is 9.26 Å². The molecule has 1 aliphatic carbocycles. The summed E-state index contributed by atoms with van der Waals surface area (Å²) in [5.41, 5.74) is 7.74. The van der Waals surface area contributed by atoms with Gasteiger partial charge in [0.05, 0.1) is 5.54 Å². The van der Waals surface area contributed by atoms with Crippen molar-refractivity contribution in [2.75, 3.05) is 0 Å². The van der Waals surface area contributed by atoms with Crippen LogP contribution in [0.25, 0.3) is 11.5 Å². The minimum Gasteiger partial charge on any atom is -0.489 e. The van der Waals surface area contributed by atoms with Crippen molar-refractivity contribution in [3.8, 4) is 17.2 Å². The molecule has 0 spiro atoms. The van der Waals surface area contributed by atoms with Crippen LogP contribution in [0.2, 0.25) is 0 Å². The number of aromatic nitrogens is 2. The molecule has 1 heterocycles. The highest BCUT2D eigenvalue weighted by Gasteiger charge is 2.39. The molecule has 2 aromatic carbocycles. The molecule has 5 heteroatoms. The fourth-order valence-corrected chi connectivity index (χ4v) is 2.85. The molecule has 0 atom stereocenters. The van der Waals surface area contributed by atoms with Gasteiger partial charge in [0.25, 0.3) is 5.89 Å². The summed E-state index contributed by atoms with van der Waals surface area (Å²) in [7, 11) is 0. The molecule has 0 bridgehead atoms. The third-order valence-electron chi connectivity index (χ3n) is 4.50. The summed E-state index contributed by atoms with van der Waals surface area (Å²) >= 11 is 0. The Labute approximate surface area is 140 Å². The van der Waals surface area contributed by atoms with Gasteiger partial charge in [0.15, 0.2) is 5.82 Å². The first kappa shape index (κ1) is 14.9. The summed E-state index contributed by atoms with van der Waals surface area (Å²) in [5, 5.41) is 4.09. The third-order valence-corrected chi connectivity index (χ3v) is 4.50. The quantitative estimate of drug-likeness (QED) is 0.776. The first-order valence-electron chi connectivity index (χ1n) is 8.14. The second kappa shape index (κ2) is 6.09. The number of benzene rings is 2. The molecule has 0 radical (unpaired) electrons. The van der Waals surface area contributed by atoms with E-state index in [-0.39, 0.29) is 0 Å². The zero-order valence-electron chi connectivity index (χ0n) is 13.3. The molecule has 1 fully saturated rings. The molecule has 0 amide bonds. The van der Waals surface area contributed by atoms with E-state index in [0.29, 0.717) is 18.3 Å². The molecule has 24 heavy (non-hydrogen) atoms. The van der Waals surface area contributed by atoms with Gasteiger partial charge in [-0.2, -0.15) is 4.98 Å². The summed E-state index contributed by atoms with van der Waals surface area (Å²) in [6.45, 7) is 0.436. The summed E-state index contributed by atoms with van der Waals surface area (Å²) in [5.74, 6) is 1.92. The van der Waals surface area contributed by atoms with Gasteiger partial charge in [-0.15, -0.1) is 0 Å². The molecule has 122 valence electrons. The summed E-state index contributed by atoms with van der Waals surface area (Å²) < 4.78 is 11.3. The van der Waals surface area contributed by atoms with Crippen LogP contribution in [0.15, 0.2) is 59.1 Å². The van der Waals surface area contributed by atoms with Gasteiger partial charge >= 0.3 is 0 Å².